The Kier molecular flexibility index (Phi) is 6.26. The monoisotopic (exact) mass is 378 g/mol. The number of halogens is 2. The third kappa shape index (κ3) is 5.16. The van der Waals surface area contributed by atoms with Gasteiger partial charge in [-0.15, -0.1) is 0 Å². The number of benzene rings is 1. The fourth-order valence-corrected chi connectivity index (χ4v) is 3.32. The first-order valence-electron chi connectivity index (χ1n) is 8.20. The number of nitrogens with zero attached hydrogens (tertiary/aromatic N) is 3. The van der Waals surface area contributed by atoms with Crippen molar-refractivity contribution in [3.05, 3.63) is 58.3 Å². The van der Waals surface area contributed by atoms with Crippen LogP contribution in [0, 0.1) is 0 Å². The van der Waals surface area contributed by atoms with E-state index >= 15 is 0 Å². The molecule has 1 N–H and O–H groups in total. The second kappa shape index (κ2) is 8.63. The zero-order chi connectivity index (χ0) is 17.6. The summed E-state index contributed by atoms with van der Waals surface area (Å²) in [5, 5.41) is 3.70. The molecule has 7 heteroatoms. The van der Waals surface area contributed by atoms with Gasteiger partial charge in [-0.25, -0.2) is 0 Å². The predicted molar refractivity (Wildman–Crippen MR) is 101 cm³/mol. The van der Waals surface area contributed by atoms with Crippen molar-refractivity contribution < 1.29 is 4.79 Å². The molecule has 0 unspecified atom stereocenters. The SMILES string of the molecule is O=C(CN1CCN(Cc2ccccn2)CC1)Nc1c(Cl)cccc1Cl. The molecule has 2 aromatic rings. The van der Waals surface area contributed by atoms with E-state index < -0.39 is 0 Å². The van der Waals surface area contributed by atoms with E-state index in [-0.39, 0.29) is 5.91 Å². The molecule has 132 valence electrons. The van der Waals surface area contributed by atoms with Gasteiger partial charge in [-0.1, -0.05) is 35.3 Å². The average Bonchev–Trinajstić information content (AvgIpc) is 2.61. The lowest BCUT2D eigenvalue weighted by molar-refractivity contribution is -0.117. The Labute approximate surface area is 157 Å². The van der Waals surface area contributed by atoms with Gasteiger partial charge in [0.1, 0.15) is 0 Å². The highest BCUT2D eigenvalue weighted by molar-refractivity contribution is 6.39. The van der Waals surface area contributed by atoms with Crippen LogP contribution in [0.25, 0.3) is 0 Å². The zero-order valence-corrected chi connectivity index (χ0v) is 15.3. The van der Waals surface area contributed by atoms with Gasteiger partial charge in [0.25, 0.3) is 0 Å². The molecule has 2 heterocycles. The minimum Gasteiger partial charge on any atom is -0.322 e. The van der Waals surface area contributed by atoms with Crippen LogP contribution in [-0.2, 0) is 11.3 Å². The van der Waals surface area contributed by atoms with E-state index in [0.717, 1.165) is 38.4 Å². The third-order valence-electron chi connectivity index (χ3n) is 4.17. The molecule has 0 radical (unpaired) electrons. The minimum absolute atomic E-state index is 0.104. The number of carbonyl (C=O) groups is 1. The smallest absolute Gasteiger partial charge is 0.238 e. The lowest BCUT2D eigenvalue weighted by atomic mass is 10.2. The molecule has 1 aliphatic rings. The molecule has 5 nitrogen and oxygen atoms in total. The van der Waals surface area contributed by atoms with Crippen LogP contribution < -0.4 is 5.32 Å². The van der Waals surface area contributed by atoms with Gasteiger partial charge in [-0.3, -0.25) is 19.6 Å². The molecule has 25 heavy (non-hydrogen) atoms. The molecule has 1 aromatic heterocycles. The van der Waals surface area contributed by atoms with E-state index in [4.69, 9.17) is 23.2 Å². The minimum atomic E-state index is -0.104. The van der Waals surface area contributed by atoms with Crippen molar-refractivity contribution in [2.75, 3.05) is 38.0 Å². The Morgan fingerprint density at radius 2 is 1.68 bits per heavy atom. The second-order valence-electron chi connectivity index (χ2n) is 6.02. The summed E-state index contributed by atoms with van der Waals surface area (Å²) < 4.78 is 0. The van der Waals surface area contributed by atoms with Crippen molar-refractivity contribution >= 4 is 34.8 Å². The van der Waals surface area contributed by atoms with Gasteiger partial charge in [0, 0.05) is 38.9 Å². The Hall–Kier alpha value is -1.66. The molecule has 1 amide bonds. The summed E-state index contributed by atoms with van der Waals surface area (Å²) in [6, 6.07) is 11.1. The first-order chi connectivity index (χ1) is 12.1. The van der Waals surface area contributed by atoms with Crippen molar-refractivity contribution in [2.24, 2.45) is 0 Å². The van der Waals surface area contributed by atoms with Crippen molar-refractivity contribution in [1.29, 1.82) is 0 Å². The van der Waals surface area contributed by atoms with Crippen molar-refractivity contribution in [3.63, 3.8) is 0 Å². The predicted octanol–water partition coefficient (Wildman–Crippen LogP) is 3.14. The fourth-order valence-electron chi connectivity index (χ4n) is 2.83. The molecule has 0 bridgehead atoms. The summed E-state index contributed by atoms with van der Waals surface area (Å²) in [5.74, 6) is -0.104. The first-order valence-corrected chi connectivity index (χ1v) is 8.96. The molecule has 0 spiro atoms. The van der Waals surface area contributed by atoms with Crippen LogP contribution >= 0.6 is 23.2 Å². The largest absolute Gasteiger partial charge is 0.322 e. The van der Waals surface area contributed by atoms with Crippen LogP contribution in [0.2, 0.25) is 10.0 Å². The Morgan fingerprint density at radius 1 is 1.00 bits per heavy atom. The first kappa shape index (κ1) is 18.1. The lowest BCUT2D eigenvalue weighted by Crippen LogP contribution is -2.48. The Morgan fingerprint density at radius 3 is 2.32 bits per heavy atom. The van der Waals surface area contributed by atoms with Crippen molar-refractivity contribution in [3.8, 4) is 0 Å². The van der Waals surface area contributed by atoms with E-state index in [9.17, 15) is 4.79 Å². The number of amides is 1. The quantitative estimate of drug-likeness (QED) is 0.867. The van der Waals surface area contributed by atoms with E-state index in [2.05, 4.69) is 20.1 Å². The highest BCUT2D eigenvalue weighted by Crippen LogP contribution is 2.29. The molecular formula is C18H20Cl2N4O. The number of hydrogen-bond donors (Lipinski definition) is 1. The van der Waals surface area contributed by atoms with E-state index in [1.54, 1.807) is 18.2 Å². The maximum atomic E-state index is 12.3. The van der Waals surface area contributed by atoms with Gasteiger partial charge in [-0.2, -0.15) is 0 Å². The van der Waals surface area contributed by atoms with Crippen molar-refractivity contribution in [1.82, 2.24) is 14.8 Å². The maximum absolute atomic E-state index is 12.3. The summed E-state index contributed by atoms with van der Waals surface area (Å²) in [7, 11) is 0. The number of para-hydroxylation sites is 1. The summed E-state index contributed by atoms with van der Waals surface area (Å²) in [5.41, 5.74) is 1.55. The lowest BCUT2D eigenvalue weighted by Gasteiger charge is -2.34. The van der Waals surface area contributed by atoms with Crippen LogP contribution in [-0.4, -0.2) is 53.4 Å². The van der Waals surface area contributed by atoms with Gasteiger partial charge >= 0.3 is 0 Å². The normalized spacial score (nSPS) is 15.9. The van der Waals surface area contributed by atoms with E-state index in [1.165, 1.54) is 0 Å². The maximum Gasteiger partial charge on any atom is 0.238 e. The average molecular weight is 379 g/mol. The van der Waals surface area contributed by atoms with Crippen LogP contribution in [0.15, 0.2) is 42.6 Å². The summed E-state index contributed by atoms with van der Waals surface area (Å²) in [6.45, 7) is 4.69. The van der Waals surface area contributed by atoms with Gasteiger partial charge in [-0.05, 0) is 24.3 Å². The standard InChI is InChI=1S/C18H20Cl2N4O/c19-15-5-3-6-16(20)18(15)22-17(25)13-24-10-8-23(9-11-24)12-14-4-1-2-7-21-14/h1-7H,8-13H2,(H,22,25). The van der Waals surface area contributed by atoms with Crippen LogP contribution in [0.3, 0.4) is 0 Å². The van der Waals surface area contributed by atoms with Crippen LogP contribution in [0.4, 0.5) is 5.69 Å². The number of hydrogen-bond acceptors (Lipinski definition) is 4. The summed E-state index contributed by atoms with van der Waals surface area (Å²) >= 11 is 12.2. The number of rotatable bonds is 5. The second-order valence-corrected chi connectivity index (χ2v) is 6.83. The fraction of sp³-hybridized carbons (Fsp3) is 0.333. The van der Waals surface area contributed by atoms with Crippen LogP contribution in [0.1, 0.15) is 5.69 Å². The van der Waals surface area contributed by atoms with Crippen molar-refractivity contribution in [2.45, 2.75) is 6.54 Å². The number of nitrogens with one attached hydrogen (secondary N) is 1. The molecule has 0 atom stereocenters. The number of carbonyl (C=O) groups excluding carboxylic acids is 1. The molecule has 1 saturated heterocycles. The van der Waals surface area contributed by atoms with Gasteiger partial charge < -0.3 is 5.32 Å². The number of piperazine rings is 1. The third-order valence-corrected chi connectivity index (χ3v) is 4.80. The Bertz CT molecular complexity index is 698. The Balaban J connectivity index is 1.46. The van der Waals surface area contributed by atoms with Gasteiger partial charge in [0.15, 0.2) is 0 Å². The van der Waals surface area contributed by atoms with Gasteiger partial charge in [0.05, 0.1) is 28.0 Å². The van der Waals surface area contributed by atoms with Gasteiger partial charge in [0.2, 0.25) is 5.91 Å². The topological polar surface area (TPSA) is 48.5 Å². The molecular weight excluding hydrogens is 359 g/mol. The van der Waals surface area contributed by atoms with Crippen LogP contribution in [0.5, 0.6) is 0 Å². The van der Waals surface area contributed by atoms with E-state index in [0.29, 0.717) is 22.3 Å². The summed E-state index contributed by atoms with van der Waals surface area (Å²) in [4.78, 5) is 21.1. The molecule has 3 rings (SSSR count). The zero-order valence-electron chi connectivity index (χ0n) is 13.8. The molecule has 1 fully saturated rings. The number of pyridine rings is 1. The highest BCUT2D eigenvalue weighted by atomic mass is 35.5. The number of anilines is 1. The molecule has 1 aliphatic heterocycles. The number of aromatic nitrogens is 1. The highest BCUT2D eigenvalue weighted by Gasteiger charge is 2.20. The summed E-state index contributed by atoms with van der Waals surface area (Å²) in [6.07, 6.45) is 1.82. The molecule has 0 saturated carbocycles. The molecule has 1 aromatic carbocycles. The molecule has 0 aliphatic carbocycles. The van der Waals surface area contributed by atoms with E-state index in [1.807, 2.05) is 24.4 Å².